The molecular formula is C22H23ClN2O2S. The highest BCUT2D eigenvalue weighted by molar-refractivity contribution is 7.17. The number of phenols is 1. The molecule has 146 valence electrons. The Labute approximate surface area is 173 Å². The first-order chi connectivity index (χ1) is 13.0. The molecule has 0 aliphatic carbocycles. The van der Waals surface area contributed by atoms with Crippen molar-refractivity contribution in [3.05, 3.63) is 63.8 Å². The van der Waals surface area contributed by atoms with Gasteiger partial charge in [-0.1, -0.05) is 31.2 Å². The Balaban J connectivity index is 0.00000225. The van der Waals surface area contributed by atoms with Gasteiger partial charge >= 0.3 is 0 Å². The van der Waals surface area contributed by atoms with Crippen LogP contribution in [0.3, 0.4) is 0 Å². The molecule has 0 saturated heterocycles. The molecule has 2 heterocycles. The Morgan fingerprint density at radius 2 is 1.82 bits per heavy atom. The van der Waals surface area contributed by atoms with E-state index in [1.54, 1.807) is 12.1 Å². The molecule has 6 heteroatoms. The molecule has 4 rings (SSSR count). The van der Waals surface area contributed by atoms with E-state index < -0.39 is 0 Å². The van der Waals surface area contributed by atoms with Crippen molar-refractivity contribution < 1.29 is 5.11 Å². The van der Waals surface area contributed by atoms with Crippen molar-refractivity contribution in [2.75, 3.05) is 20.6 Å². The second-order valence-electron chi connectivity index (χ2n) is 7.29. The lowest BCUT2D eigenvalue weighted by Crippen LogP contribution is -2.18. The average Bonchev–Trinajstić information content (AvgIpc) is 3.12. The summed E-state index contributed by atoms with van der Waals surface area (Å²) in [7, 11) is 4.15. The van der Waals surface area contributed by atoms with E-state index in [0.29, 0.717) is 10.6 Å². The molecule has 4 aromatic rings. The predicted octanol–water partition coefficient (Wildman–Crippen LogP) is 5.20. The minimum Gasteiger partial charge on any atom is -0.507 e. The molecule has 0 spiro atoms. The van der Waals surface area contributed by atoms with Gasteiger partial charge in [0, 0.05) is 28.4 Å². The van der Waals surface area contributed by atoms with Crippen molar-refractivity contribution in [1.29, 1.82) is 0 Å². The van der Waals surface area contributed by atoms with Crippen LogP contribution in [0.1, 0.15) is 18.4 Å². The van der Waals surface area contributed by atoms with Crippen LogP contribution in [-0.2, 0) is 0 Å². The van der Waals surface area contributed by atoms with E-state index >= 15 is 0 Å². The average molecular weight is 415 g/mol. The summed E-state index contributed by atoms with van der Waals surface area (Å²) in [5, 5.41) is 14.3. The molecule has 0 saturated carbocycles. The van der Waals surface area contributed by atoms with E-state index in [0.717, 1.165) is 34.0 Å². The minimum absolute atomic E-state index is 0. The molecule has 0 aliphatic heterocycles. The van der Waals surface area contributed by atoms with Gasteiger partial charge < -0.3 is 15.0 Å². The zero-order valence-electron chi connectivity index (χ0n) is 16.0. The number of aromatic hydroxyl groups is 1. The van der Waals surface area contributed by atoms with Crippen LogP contribution >= 0.6 is 23.7 Å². The summed E-state index contributed by atoms with van der Waals surface area (Å²) in [5.74, 6) is 0.645. The lowest BCUT2D eigenvalue weighted by molar-refractivity contribution is 0.383. The summed E-state index contributed by atoms with van der Waals surface area (Å²) < 4.78 is 0.686. The number of H-pyrrole nitrogens is 1. The first-order valence-electron chi connectivity index (χ1n) is 8.96. The van der Waals surface area contributed by atoms with Crippen LogP contribution in [0.4, 0.5) is 0 Å². The van der Waals surface area contributed by atoms with E-state index in [9.17, 15) is 9.90 Å². The van der Waals surface area contributed by atoms with Crippen LogP contribution in [0.15, 0.2) is 52.6 Å². The molecule has 0 amide bonds. The molecule has 0 aliphatic rings. The molecule has 2 aromatic carbocycles. The monoisotopic (exact) mass is 414 g/mol. The first kappa shape index (κ1) is 20.4. The third-order valence-corrected chi connectivity index (χ3v) is 5.89. The van der Waals surface area contributed by atoms with Crippen LogP contribution in [0.5, 0.6) is 5.75 Å². The van der Waals surface area contributed by atoms with Crippen molar-refractivity contribution in [3.8, 4) is 16.9 Å². The molecule has 0 bridgehead atoms. The van der Waals surface area contributed by atoms with Crippen molar-refractivity contribution >= 4 is 44.7 Å². The van der Waals surface area contributed by atoms with Crippen molar-refractivity contribution in [1.82, 2.24) is 9.88 Å². The van der Waals surface area contributed by atoms with Crippen molar-refractivity contribution in [3.63, 3.8) is 0 Å². The third kappa shape index (κ3) is 3.53. The smallest absolute Gasteiger partial charge is 0.266 e. The Hall–Kier alpha value is -2.34. The maximum absolute atomic E-state index is 12.3. The van der Waals surface area contributed by atoms with Gasteiger partial charge in [-0.2, -0.15) is 0 Å². The quantitative estimate of drug-likeness (QED) is 0.482. The zero-order valence-corrected chi connectivity index (χ0v) is 17.7. The summed E-state index contributed by atoms with van der Waals surface area (Å²) in [6.45, 7) is 3.19. The number of pyridine rings is 1. The lowest BCUT2D eigenvalue weighted by Gasteiger charge is -2.18. The number of likely N-dealkylation sites (N-methyl/N-ethyl adjacent to an activating group) is 1. The first-order valence-corrected chi connectivity index (χ1v) is 9.84. The number of nitrogens with one attached hydrogen (secondary N) is 1. The second kappa shape index (κ2) is 7.95. The summed E-state index contributed by atoms with van der Waals surface area (Å²) >= 11 is 1.42. The van der Waals surface area contributed by atoms with E-state index in [2.05, 4.69) is 55.2 Å². The summed E-state index contributed by atoms with van der Waals surface area (Å²) in [4.78, 5) is 17.4. The maximum atomic E-state index is 12.3. The standard InChI is InChI=1S/C22H22N2O2S.ClH/c1-13(12-24(2)3)14-4-6-15(7-5-14)19-18(25)9-8-17-20(19)16-10-11-27-21(16)22(26)23-17;/h4-11,13,25H,12H2,1-3H3,(H,23,26);1H. The highest BCUT2D eigenvalue weighted by atomic mass is 35.5. The number of aromatic nitrogens is 1. The number of aromatic amines is 1. The van der Waals surface area contributed by atoms with Gasteiger partial charge in [0.15, 0.2) is 0 Å². The molecule has 1 unspecified atom stereocenters. The fraction of sp³-hybridized carbons (Fsp3) is 0.227. The number of hydrogen-bond donors (Lipinski definition) is 2. The summed E-state index contributed by atoms with van der Waals surface area (Å²) in [6, 6.07) is 13.7. The van der Waals surface area contributed by atoms with Gasteiger partial charge in [-0.15, -0.1) is 23.7 Å². The number of phenolic OH excluding ortho intramolecular Hbond substituents is 1. The fourth-order valence-electron chi connectivity index (χ4n) is 3.76. The van der Waals surface area contributed by atoms with Gasteiger partial charge in [-0.05, 0) is 54.7 Å². The SMILES string of the molecule is CC(CN(C)C)c1ccc(-c2c(O)ccc3[nH]c(=O)c4sccc4c23)cc1.Cl. The van der Waals surface area contributed by atoms with Crippen molar-refractivity contribution in [2.45, 2.75) is 12.8 Å². The molecule has 28 heavy (non-hydrogen) atoms. The fourth-order valence-corrected chi connectivity index (χ4v) is 4.56. The number of fused-ring (bicyclic) bond motifs is 3. The number of thiophene rings is 1. The maximum Gasteiger partial charge on any atom is 0.266 e. The van der Waals surface area contributed by atoms with Gasteiger partial charge in [-0.25, -0.2) is 0 Å². The molecule has 4 nitrogen and oxygen atoms in total. The normalized spacial score (nSPS) is 12.4. The van der Waals surface area contributed by atoms with Crippen LogP contribution in [0.25, 0.3) is 32.1 Å². The molecule has 2 N–H and O–H groups in total. The lowest BCUT2D eigenvalue weighted by atomic mass is 9.94. The number of rotatable bonds is 4. The number of nitrogens with zero attached hydrogens (tertiary/aromatic N) is 1. The second-order valence-corrected chi connectivity index (χ2v) is 8.20. The largest absolute Gasteiger partial charge is 0.507 e. The Morgan fingerprint density at radius 1 is 1.11 bits per heavy atom. The van der Waals surface area contributed by atoms with E-state index in [4.69, 9.17) is 0 Å². The van der Waals surface area contributed by atoms with Gasteiger partial charge in [0.25, 0.3) is 5.56 Å². The molecule has 0 fully saturated rings. The van der Waals surface area contributed by atoms with E-state index in [-0.39, 0.29) is 23.7 Å². The predicted molar refractivity (Wildman–Crippen MR) is 121 cm³/mol. The van der Waals surface area contributed by atoms with Crippen LogP contribution in [0, 0.1) is 0 Å². The highest BCUT2D eigenvalue weighted by Crippen LogP contribution is 2.39. The molecule has 1 atom stereocenters. The Bertz CT molecular complexity index is 1180. The number of hydrogen-bond acceptors (Lipinski definition) is 4. The van der Waals surface area contributed by atoms with Crippen molar-refractivity contribution in [2.24, 2.45) is 0 Å². The van der Waals surface area contributed by atoms with E-state index in [1.165, 1.54) is 16.9 Å². The van der Waals surface area contributed by atoms with Gasteiger partial charge in [0.1, 0.15) is 10.4 Å². The number of halogens is 1. The van der Waals surface area contributed by atoms with Gasteiger partial charge in [0.05, 0.1) is 0 Å². The summed E-state index contributed by atoms with van der Waals surface area (Å²) in [5.41, 5.74) is 3.62. The van der Waals surface area contributed by atoms with Gasteiger partial charge in [0.2, 0.25) is 0 Å². The number of benzene rings is 2. The molecule has 0 radical (unpaired) electrons. The Kier molecular flexibility index (Phi) is 5.79. The highest BCUT2D eigenvalue weighted by Gasteiger charge is 2.16. The zero-order chi connectivity index (χ0) is 19.1. The third-order valence-electron chi connectivity index (χ3n) is 4.98. The van der Waals surface area contributed by atoms with Crippen LogP contribution in [0.2, 0.25) is 0 Å². The Morgan fingerprint density at radius 3 is 2.50 bits per heavy atom. The van der Waals surface area contributed by atoms with Crippen LogP contribution < -0.4 is 5.56 Å². The summed E-state index contributed by atoms with van der Waals surface area (Å²) in [6.07, 6.45) is 0. The molecule has 2 aromatic heterocycles. The van der Waals surface area contributed by atoms with E-state index in [1.807, 2.05) is 11.4 Å². The minimum atomic E-state index is -0.0861. The molecular weight excluding hydrogens is 392 g/mol. The van der Waals surface area contributed by atoms with Crippen LogP contribution in [-0.4, -0.2) is 35.6 Å². The topological polar surface area (TPSA) is 56.3 Å². The van der Waals surface area contributed by atoms with Gasteiger partial charge in [-0.3, -0.25) is 4.79 Å².